The molecule has 3 heteroatoms. The first-order valence-corrected chi connectivity index (χ1v) is 6.02. The highest BCUT2D eigenvalue weighted by Crippen LogP contribution is 2.27. The summed E-state index contributed by atoms with van der Waals surface area (Å²) >= 11 is 5.93. The van der Waals surface area contributed by atoms with Crippen LogP contribution in [-0.2, 0) is 0 Å². The van der Waals surface area contributed by atoms with Gasteiger partial charge in [0, 0.05) is 10.7 Å². The molecule has 18 heavy (non-hydrogen) atoms. The van der Waals surface area contributed by atoms with Crippen molar-refractivity contribution in [3.05, 3.63) is 58.1 Å². The number of hydrogen-bond acceptors (Lipinski definition) is 2. The molecule has 0 saturated heterocycles. The van der Waals surface area contributed by atoms with Gasteiger partial charge in [0.1, 0.15) is 6.07 Å². The smallest absolute Gasteiger partial charge is 0.101 e. The van der Waals surface area contributed by atoms with Gasteiger partial charge in [-0.15, -0.1) is 0 Å². The standard InChI is InChI=1S/C15H13ClN2/c1-10-4-3-5-12(9-17)15(10)18-14-7-6-13(16)8-11(14)2/h3-8,18H,1-2H3. The van der Waals surface area contributed by atoms with Crippen LogP contribution in [0.4, 0.5) is 11.4 Å². The maximum absolute atomic E-state index is 9.12. The summed E-state index contributed by atoms with van der Waals surface area (Å²) in [7, 11) is 0. The van der Waals surface area contributed by atoms with Gasteiger partial charge in [-0.1, -0.05) is 23.7 Å². The highest BCUT2D eigenvalue weighted by atomic mass is 35.5. The monoisotopic (exact) mass is 256 g/mol. The number of hydrogen-bond donors (Lipinski definition) is 1. The van der Waals surface area contributed by atoms with E-state index in [1.165, 1.54) is 0 Å². The molecule has 0 unspecified atom stereocenters. The molecule has 0 aliphatic heterocycles. The summed E-state index contributed by atoms with van der Waals surface area (Å²) in [6, 6.07) is 13.5. The molecule has 0 spiro atoms. The number of halogens is 1. The van der Waals surface area contributed by atoms with Crippen LogP contribution in [0.1, 0.15) is 16.7 Å². The highest BCUT2D eigenvalue weighted by Gasteiger charge is 2.07. The summed E-state index contributed by atoms with van der Waals surface area (Å²) in [6.45, 7) is 3.97. The SMILES string of the molecule is Cc1cc(Cl)ccc1Nc1c(C)cccc1C#N. The van der Waals surface area contributed by atoms with Crippen LogP contribution in [0.2, 0.25) is 5.02 Å². The van der Waals surface area contributed by atoms with Gasteiger partial charge in [0.15, 0.2) is 0 Å². The minimum absolute atomic E-state index is 0.643. The summed E-state index contributed by atoms with van der Waals surface area (Å²) in [6.07, 6.45) is 0. The van der Waals surface area contributed by atoms with Crippen LogP contribution in [0.5, 0.6) is 0 Å². The molecule has 0 fully saturated rings. The summed E-state index contributed by atoms with van der Waals surface area (Å²) in [5.41, 5.74) is 4.55. The molecule has 2 rings (SSSR count). The van der Waals surface area contributed by atoms with Crippen molar-refractivity contribution in [3.8, 4) is 6.07 Å². The van der Waals surface area contributed by atoms with E-state index in [2.05, 4.69) is 11.4 Å². The molecule has 0 bridgehead atoms. The van der Waals surface area contributed by atoms with Crippen LogP contribution < -0.4 is 5.32 Å². The lowest BCUT2D eigenvalue weighted by Crippen LogP contribution is -1.98. The van der Waals surface area contributed by atoms with E-state index in [-0.39, 0.29) is 0 Å². The van der Waals surface area contributed by atoms with Crippen molar-refractivity contribution in [2.24, 2.45) is 0 Å². The van der Waals surface area contributed by atoms with Gasteiger partial charge >= 0.3 is 0 Å². The molecule has 0 atom stereocenters. The molecule has 0 saturated carbocycles. The number of para-hydroxylation sites is 1. The molecule has 2 aromatic rings. The van der Waals surface area contributed by atoms with E-state index in [1.807, 2.05) is 44.2 Å². The third-order valence-corrected chi connectivity index (χ3v) is 3.08. The van der Waals surface area contributed by atoms with Crippen LogP contribution >= 0.6 is 11.6 Å². The summed E-state index contributed by atoms with van der Waals surface area (Å²) in [5.74, 6) is 0. The first-order valence-electron chi connectivity index (χ1n) is 5.64. The van der Waals surface area contributed by atoms with Crippen molar-refractivity contribution in [2.75, 3.05) is 5.32 Å². The third kappa shape index (κ3) is 2.47. The molecule has 2 nitrogen and oxygen atoms in total. The number of anilines is 2. The maximum Gasteiger partial charge on any atom is 0.101 e. The van der Waals surface area contributed by atoms with E-state index < -0.39 is 0 Å². The molecule has 90 valence electrons. The molecular formula is C15H13ClN2. The number of nitrogens with zero attached hydrogens (tertiary/aromatic N) is 1. The van der Waals surface area contributed by atoms with Gasteiger partial charge in [-0.3, -0.25) is 0 Å². The Morgan fingerprint density at radius 1 is 1.11 bits per heavy atom. The molecule has 0 radical (unpaired) electrons. The molecule has 2 aromatic carbocycles. The number of nitrogens with one attached hydrogen (secondary N) is 1. The molecule has 0 aromatic heterocycles. The van der Waals surface area contributed by atoms with Crippen molar-refractivity contribution in [1.82, 2.24) is 0 Å². The van der Waals surface area contributed by atoms with Gasteiger partial charge in [0.2, 0.25) is 0 Å². The number of rotatable bonds is 2. The minimum Gasteiger partial charge on any atom is -0.354 e. The second-order valence-electron chi connectivity index (χ2n) is 4.19. The molecule has 0 heterocycles. The Kier molecular flexibility index (Phi) is 3.55. The first kappa shape index (κ1) is 12.5. The Morgan fingerprint density at radius 2 is 1.89 bits per heavy atom. The lowest BCUT2D eigenvalue weighted by atomic mass is 10.1. The minimum atomic E-state index is 0.643. The second-order valence-corrected chi connectivity index (χ2v) is 4.63. The predicted molar refractivity (Wildman–Crippen MR) is 75.4 cm³/mol. The Labute approximate surface area is 112 Å². The quantitative estimate of drug-likeness (QED) is 0.854. The zero-order valence-electron chi connectivity index (χ0n) is 10.3. The summed E-state index contributed by atoms with van der Waals surface area (Å²) in [5, 5.41) is 13.1. The number of aryl methyl sites for hydroxylation is 2. The predicted octanol–water partition coefficient (Wildman–Crippen LogP) is 4.57. The fourth-order valence-electron chi connectivity index (χ4n) is 1.83. The van der Waals surface area contributed by atoms with Gasteiger partial charge in [0.25, 0.3) is 0 Å². The fraction of sp³-hybridized carbons (Fsp3) is 0.133. The molecular weight excluding hydrogens is 244 g/mol. The zero-order chi connectivity index (χ0) is 13.1. The van der Waals surface area contributed by atoms with Crippen LogP contribution in [0, 0.1) is 25.2 Å². The Balaban J connectivity index is 2.43. The number of benzene rings is 2. The lowest BCUT2D eigenvalue weighted by Gasteiger charge is -2.13. The van der Waals surface area contributed by atoms with Crippen molar-refractivity contribution >= 4 is 23.0 Å². The van der Waals surface area contributed by atoms with Crippen molar-refractivity contribution in [1.29, 1.82) is 5.26 Å². The summed E-state index contributed by atoms with van der Waals surface area (Å²) in [4.78, 5) is 0. The van der Waals surface area contributed by atoms with E-state index in [4.69, 9.17) is 16.9 Å². The van der Waals surface area contributed by atoms with Crippen molar-refractivity contribution in [2.45, 2.75) is 13.8 Å². The van der Waals surface area contributed by atoms with Crippen LogP contribution in [0.25, 0.3) is 0 Å². The summed E-state index contributed by atoms with van der Waals surface area (Å²) < 4.78 is 0. The first-order chi connectivity index (χ1) is 8.61. The Morgan fingerprint density at radius 3 is 2.56 bits per heavy atom. The average molecular weight is 257 g/mol. The molecule has 0 aliphatic carbocycles. The van der Waals surface area contributed by atoms with E-state index in [0.29, 0.717) is 10.6 Å². The fourth-order valence-corrected chi connectivity index (χ4v) is 2.06. The van der Waals surface area contributed by atoms with Crippen LogP contribution in [0.3, 0.4) is 0 Å². The molecule has 1 N–H and O–H groups in total. The van der Waals surface area contributed by atoms with E-state index in [1.54, 1.807) is 6.07 Å². The zero-order valence-corrected chi connectivity index (χ0v) is 11.0. The Hall–Kier alpha value is -1.98. The van der Waals surface area contributed by atoms with Gasteiger partial charge in [-0.05, 0) is 49.2 Å². The average Bonchev–Trinajstić information content (AvgIpc) is 2.34. The number of nitriles is 1. The maximum atomic E-state index is 9.12. The van der Waals surface area contributed by atoms with Gasteiger partial charge in [0.05, 0.1) is 11.3 Å². The molecule has 0 amide bonds. The lowest BCUT2D eigenvalue weighted by molar-refractivity contribution is 1.37. The van der Waals surface area contributed by atoms with E-state index in [0.717, 1.165) is 22.5 Å². The van der Waals surface area contributed by atoms with Crippen LogP contribution in [-0.4, -0.2) is 0 Å². The van der Waals surface area contributed by atoms with Crippen LogP contribution in [0.15, 0.2) is 36.4 Å². The van der Waals surface area contributed by atoms with Gasteiger partial charge in [-0.2, -0.15) is 5.26 Å². The van der Waals surface area contributed by atoms with Crippen molar-refractivity contribution < 1.29 is 0 Å². The van der Waals surface area contributed by atoms with E-state index in [9.17, 15) is 0 Å². The largest absolute Gasteiger partial charge is 0.354 e. The third-order valence-electron chi connectivity index (χ3n) is 2.84. The topological polar surface area (TPSA) is 35.8 Å². The molecule has 0 aliphatic rings. The highest BCUT2D eigenvalue weighted by molar-refractivity contribution is 6.30. The Bertz CT molecular complexity index is 627. The normalized spacial score (nSPS) is 9.89. The second kappa shape index (κ2) is 5.12. The van der Waals surface area contributed by atoms with E-state index >= 15 is 0 Å². The van der Waals surface area contributed by atoms with Gasteiger partial charge in [-0.25, -0.2) is 0 Å². The van der Waals surface area contributed by atoms with Crippen molar-refractivity contribution in [3.63, 3.8) is 0 Å². The van der Waals surface area contributed by atoms with Gasteiger partial charge < -0.3 is 5.32 Å².